The molecule has 2 unspecified atom stereocenters. The van der Waals surface area contributed by atoms with Crippen molar-refractivity contribution in [3.63, 3.8) is 0 Å². The van der Waals surface area contributed by atoms with Crippen molar-refractivity contribution in [1.82, 2.24) is 10.2 Å². The van der Waals surface area contributed by atoms with Gasteiger partial charge in [0, 0.05) is 27.7 Å². The number of amides is 2. The molecule has 2 rings (SSSR count). The van der Waals surface area contributed by atoms with Gasteiger partial charge in [-0.25, -0.2) is 8.42 Å². The standard InChI is InChI=1S/C24H30Cl3N3O4S/c1-6-16(3)28-24(32)17(4)29(13-18-8-10-19(25)11-21(18)27)23(31)14-30(35(5,33)34)22-12-20(26)9-7-15(22)2/h7-12,16-17H,6,13-14H2,1-5H3,(H,28,32). The first-order valence-electron chi connectivity index (χ1n) is 11.0. The monoisotopic (exact) mass is 561 g/mol. The van der Waals surface area contributed by atoms with Crippen LogP contribution >= 0.6 is 34.8 Å². The highest BCUT2D eigenvalue weighted by atomic mass is 35.5. The zero-order valence-corrected chi connectivity index (χ0v) is 23.4. The summed E-state index contributed by atoms with van der Waals surface area (Å²) in [7, 11) is -3.86. The largest absolute Gasteiger partial charge is 0.352 e. The van der Waals surface area contributed by atoms with Gasteiger partial charge in [0.05, 0.1) is 11.9 Å². The summed E-state index contributed by atoms with van der Waals surface area (Å²) in [6.45, 7) is 6.57. The number of benzene rings is 2. The van der Waals surface area contributed by atoms with E-state index in [4.69, 9.17) is 34.8 Å². The third-order valence-corrected chi connectivity index (χ3v) is 7.59. The van der Waals surface area contributed by atoms with E-state index in [0.29, 0.717) is 32.6 Å². The molecule has 0 aromatic heterocycles. The number of nitrogens with one attached hydrogen (secondary N) is 1. The van der Waals surface area contributed by atoms with E-state index in [0.717, 1.165) is 10.6 Å². The maximum atomic E-state index is 13.6. The smallest absolute Gasteiger partial charge is 0.244 e. The van der Waals surface area contributed by atoms with Crippen molar-refractivity contribution >= 4 is 62.3 Å². The Morgan fingerprint density at radius 3 is 2.20 bits per heavy atom. The average Bonchev–Trinajstić information content (AvgIpc) is 2.77. The first-order valence-corrected chi connectivity index (χ1v) is 14.0. The molecule has 2 atom stereocenters. The Bertz CT molecular complexity index is 1190. The Hall–Kier alpha value is -2.00. The number of halogens is 3. The molecule has 0 spiro atoms. The van der Waals surface area contributed by atoms with E-state index >= 15 is 0 Å². The first kappa shape index (κ1) is 29.2. The van der Waals surface area contributed by atoms with Crippen LogP contribution in [0.4, 0.5) is 5.69 Å². The van der Waals surface area contributed by atoms with Crippen LogP contribution in [0.15, 0.2) is 36.4 Å². The minimum atomic E-state index is -3.86. The number of sulfonamides is 1. The predicted octanol–water partition coefficient (Wildman–Crippen LogP) is 5.05. The molecule has 1 N–H and O–H groups in total. The maximum absolute atomic E-state index is 13.6. The number of carbonyl (C=O) groups is 2. The lowest BCUT2D eigenvalue weighted by Gasteiger charge is -2.32. The Labute approximate surface area is 222 Å². The van der Waals surface area contributed by atoms with Crippen molar-refractivity contribution in [3.05, 3.63) is 62.6 Å². The van der Waals surface area contributed by atoms with E-state index in [1.165, 1.54) is 11.0 Å². The number of anilines is 1. The molecule has 0 saturated carbocycles. The third-order valence-electron chi connectivity index (χ3n) is 5.64. The molecule has 2 aromatic carbocycles. The second kappa shape index (κ2) is 12.3. The third kappa shape index (κ3) is 8.00. The van der Waals surface area contributed by atoms with E-state index in [9.17, 15) is 18.0 Å². The molecule has 192 valence electrons. The predicted molar refractivity (Wildman–Crippen MR) is 143 cm³/mol. The van der Waals surface area contributed by atoms with Gasteiger partial charge < -0.3 is 10.2 Å². The van der Waals surface area contributed by atoms with E-state index in [2.05, 4.69) is 5.32 Å². The quantitative estimate of drug-likeness (QED) is 0.439. The summed E-state index contributed by atoms with van der Waals surface area (Å²) in [5.74, 6) is -0.935. The van der Waals surface area contributed by atoms with Crippen molar-refractivity contribution in [2.75, 3.05) is 17.1 Å². The fourth-order valence-corrected chi connectivity index (χ4v) is 4.86. The lowest BCUT2D eigenvalue weighted by Crippen LogP contribution is -2.52. The molecule has 0 aliphatic heterocycles. The molecule has 0 heterocycles. The molecule has 0 aliphatic carbocycles. The molecule has 7 nitrogen and oxygen atoms in total. The molecule has 0 fully saturated rings. The van der Waals surface area contributed by atoms with Gasteiger partial charge in [-0.2, -0.15) is 0 Å². The highest BCUT2D eigenvalue weighted by Crippen LogP contribution is 2.27. The first-order chi connectivity index (χ1) is 16.2. The van der Waals surface area contributed by atoms with Gasteiger partial charge in [0.2, 0.25) is 21.8 Å². The van der Waals surface area contributed by atoms with Crippen LogP contribution in [0.2, 0.25) is 15.1 Å². The summed E-state index contributed by atoms with van der Waals surface area (Å²) in [6.07, 6.45) is 1.73. The fourth-order valence-electron chi connectivity index (χ4n) is 3.33. The minimum absolute atomic E-state index is 0.0178. The van der Waals surface area contributed by atoms with Gasteiger partial charge in [0.25, 0.3) is 0 Å². The van der Waals surface area contributed by atoms with Crippen LogP contribution in [0.1, 0.15) is 38.3 Å². The van der Waals surface area contributed by atoms with Crippen LogP contribution in [0.25, 0.3) is 0 Å². The van der Waals surface area contributed by atoms with E-state index in [1.54, 1.807) is 44.2 Å². The van der Waals surface area contributed by atoms with E-state index < -0.39 is 28.5 Å². The van der Waals surface area contributed by atoms with Crippen LogP contribution in [0, 0.1) is 6.92 Å². The van der Waals surface area contributed by atoms with Crippen LogP contribution in [-0.4, -0.2) is 50.0 Å². The van der Waals surface area contributed by atoms with Crippen LogP contribution in [0.3, 0.4) is 0 Å². The zero-order valence-electron chi connectivity index (χ0n) is 20.3. The number of rotatable bonds is 10. The zero-order chi connectivity index (χ0) is 26.5. The van der Waals surface area contributed by atoms with Crippen molar-refractivity contribution in [2.24, 2.45) is 0 Å². The van der Waals surface area contributed by atoms with Crippen LogP contribution in [0.5, 0.6) is 0 Å². The molecule has 2 amide bonds. The van der Waals surface area contributed by atoms with Gasteiger partial charge in [-0.3, -0.25) is 13.9 Å². The van der Waals surface area contributed by atoms with Crippen LogP contribution in [-0.2, 0) is 26.2 Å². The summed E-state index contributed by atoms with van der Waals surface area (Å²) in [4.78, 5) is 27.8. The highest BCUT2D eigenvalue weighted by Gasteiger charge is 2.31. The van der Waals surface area contributed by atoms with Gasteiger partial charge in [-0.05, 0) is 62.6 Å². The maximum Gasteiger partial charge on any atom is 0.244 e. The molecule has 0 radical (unpaired) electrons. The number of hydrogen-bond acceptors (Lipinski definition) is 4. The molecule has 11 heteroatoms. The fraction of sp³-hybridized carbons (Fsp3) is 0.417. The summed E-state index contributed by atoms with van der Waals surface area (Å²) in [5, 5.41) is 3.96. The number of carbonyl (C=O) groups excluding carboxylic acids is 2. The van der Waals surface area contributed by atoms with Gasteiger partial charge in [-0.15, -0.1) is 0 Å². The summed E-state index contributed by atoms with van der Waals surface area (Å²) < 4.78 is 26.4. The van der Waals surface area contributed by atoms with Gasteiger partial charge >= 0.3 is 0 Å². The molecular weight excluding hydrogens is 533 g/mol. The Morgan fingerprint density at radius 1 is 1.03 bits per heavy atom. The summed E-state index contributed by atoms with van der Waals surface area (Å²) >= 11 is 18.4. The number of hydrogen-bond donors (Lipinski definition) is 1. The van der Waals surface area contributed by atoms with Gasteiger partial charge in [0.15, 0.2) is 0 Å². The number of aryl methyl sites for hydroxylation is 1. The lowest BCUT2D eigenvalue weighted by molar-refractivity contribution is -0.139. The summed E-state index contributed by atoms with van der Waals surface area (Å²) in [6, 6.07) is 8.65. The number of nitrogens with zero attached hydrogens (tertiary/aromatic N) is 2. The molecule has 0 aliphatic rings. The topological polar surface area (TPSA) is 86.8 Å². The Morgan fingerprint density at radius 2 is 1.63 bits per heavy atom. The average molecular weight is 563 g/mol. The van der Waals surface area contributed by atoms with Gasteiger partial charge in [0.1, 0.15) is 12.6 Å². The minimum Gasteiger partial charge on any atom is -0.352 e. The van der Waals surface area contributed by atoms with Gasteiger partial charge in [-0.1, -0.05) is 53.9 Å². The van der Waals surface area contributed by atoms with Crippen molar-refractivity contribution in [2.45, 2.75) is 52.7 Å². The highest BCUT2D eigenvalue weighted by molar-refractivity contribution is 7.92. The van der Waals surface area contributed by atoms with Crippen molar-refractivity contribution in [3.8, 4) is 0 Å². The van der Waals surface area contributed by atoms with E-state index in [-0.39, 0.29) is 24.2 Å². The Balaban J connectivity index is 2.47. The SMILES string of the molecule is CCC(C)NC(=O)C(C)N(Cc1ccc(Cl)cc1Cl)C(=O)CN(c1cc(Cl)ccc1C)S(C)(=O)=O. The van der Waals surface area contributed by atoms with Crippen molar-refractivity contribution in [1.29, 1.82) is 0 Å². The molecular formula is C24H30Cl3N3O4S. The molecule has 0 saturated heterocycles. The molecule has 2 aromatic rings. The summed E-state index contributed by atoms with van der Waals surface area (Å²) in [5.41, 5.74) is 1.48. The second-order valence-corrected chi connectivity index (χ2v) is 11.6. The van der Waals surface area contributed by atoms with Crippen LogP contribution < -0.4 is 9.62 Å². The molecule has 0 bridgehead atoms. The lowest BCUT2D eigenvalue weighted by atomic mass is 10.1. The second-order valence-electron chi connectivity index (χ2n) is 8.45. The normalized spacial score (nSPS) is 13.1. The molecule has 35 heavy (non-hydrogen) atoms. The van der Waals surface area contributed by atoms with Crippen molar-refractivity contribution < 1.29 is 18.0 Å². The Kier molecular flexibility index (Phi) is 10.3. The van der Waals surface area contributed by atoms with E-state index in [1.807, 2.05) is 13.8 Å².